The Labute approximate surface area is 213 Å². The van der Waals surface area contributed by atoms with Crippen molar-refractivity contribution in [2.45, 2.75) is 19.6 Å². The van der Waals surface area contributed by atoms with Crippen molar-refractivity contribution >= 4 is 29.0 Å². The van der Waals surface area contributed by atoms with Crippen molar-refractivity contribution in [2.75, 3.05) is 23.3 Å². The Morgan fingerprint density at radius 1 is 1.14 bits per heavy atom. The van der Waals surface area contributed by atoms with Crippen LogP contribution in [0.2, 0.25) is 5.02 Å². The van der Waals surface area contributed by atoms with Gasteiger partial charge in [-0.05, 0) is 30.2 Å². The predicted octanol–water partition coefficient (Wildman–Crippen LogP) is 4.64. The van der Waals surface area contributed by atoms with Crippen molar-refractivity contribution in [3.8, 4) is 17.0 Å². The van der Waals surface area contributed by atoms with E-state index >= 15 is 0 Å². The molecule has 0 radical (unpaired) electrons. The summed E-state index contributed by atoms with van der Waals surface area (Å²) in [6.45, 7) is -0.731. The van der Waals surface area contributed by atoms with E-state index < -0.39 is 29.6 Å². The van der Waals surface area contributed by atoms with Crippen LogP contribution in [0.25, 0.3) is 11.3 Å². The number of hydrogen-bond donors (Lipinski definition) is 1. The zero-order chi connectivity index (χ0) is 25.9. The average molecular weight is 530 g/mol. The molecule has 0 atom stereocenters. The van der Waals surface area contributed by atoms with Gasteiger partial charge < -0.3 is 15.0 Å². The Kier molecular flexibility index (Phi) is 6.91. The summed E-state index contributed by atoms with van der Waals surface area (Å²) in [5.74, 6) is -1.23. The highest BCUT2D eigenvalue weighted by Gasteiger charge is 2.21. The van der Waals surface area contributed by atoms with E-state index in [0.717, 1.165) is 49.0 Å². The number of benzene rings is 1. The summed E-state index contributed by atoms with van der Waals surface area (Å²) in [5.41, 5.74) is 0.510. The molecule has 1 aliphatic heterocycles. The summed E-state index contributed by atoms with van der Waals surface area (Å²) in [6, 6.07) is 6.11. The third-order valence-corrected chi connectivity index (χ3v) is 5.91. The van der Waals surface area contributed by atoms with E-state index in [4.69, 9.17) is 11.6 Å². The molecule has 0 bridgehead atoms. The first-order chi connectivity index (χ1) is 17.9. The maximum Gasteiger partial charge on any atom is 0.387 e. The summed E-state index contributed by atoms with van der Waals surface area (Å²) in [6.07, 6.45) is 8.32. The molecule has 0 aliphatic carbocycles. The molecular formula is C24H19ClF3N7O2. The number of hydrogen-bond acceptors (Lipinski definition) is 7. The lowest BCUT2D eigenvalue weighted by atomic mass is 10.1. The molecule has 37 heavy (non-hydrogen) atoms. The first-order valence-corrected chi connectivity index (χ1v) is 11.5. The molecule has 9 nitrogen and oxygen atoms in total. The van der Waals surface area contributed by atoms with Crippen LogP contribution < -0.4 is 15.0 Å². The van der Waals surface area contributed by atoms with Gasteiger partial charge in [-0.1, -0.05) is 17.7 Å². The molecule has 13 heteroatoms. The number of aromatic nitrogens is 5. The number of anilines is 2. The zero-order valence-electron chi connectivity index (χ0n) is 19.1. The minimum absolute atomic E-state index is 0.182. The Bertz CT molecular complexity index is 1430. The van der Waals surface area contributed by atoms with Crippen LogP contribution in [0, 0.1) is 5.82 Å². The summed E-state index contributed by atoms with van der Waals surface area (Å²) in [7, 11) is 0. The molecule has 0 saturated carbocycles. The highest BCUT2D eigenvalue weighted by atomic mass is 35.5. The molecule has 4 aromatic rings. The fraction of sp³-hybridized carbons (Fsp3) is 0.208. The minimum atomic E-state index is -3.20. The highest BCUT2D eigenvalue weighted by molar-refractivity contribution is 6.31. The number of nitrogens with zero attached hydrogens (tertiary/aromatic N) is 6. The van der Waals surface area contributed by atoms with Crippen LogP contribution in [0.4, 0.5) is 24.7 Å². The average Bonchev–Trinajstić information content (AvgIpc) is 3.28. The molecule has 1 fully saturated rings. The molecule has 1 amide bonds. The first kappa shape index (κ1) is 24.5. The van der Waals surface area contributed by atoms with E-state index in [1.807, 2.05) is 12.1 Å². The van der Waals surface area contributed by atoms with Crippen molar-refractivity contribution in [1.29, 1.82) is 0 Å². The van der Waals surface area contributed by atoms with Crippen molar-refractivity contribution in [2.24, 2.45) is 0 Å². The fourth-order valence-electron chi connectivity index (χ4n) is 3.70. The van der Waals surface area contributed by atoms with E-state index in [0.29, 0.717) is 12.2 Å². The molecule has 0 unspecified atom stereocenters. The van der Waals surface area contributed by atoms with Crippen LogP contribution in [0.1, 0.15) is 22.5 Å². The van der Waals surface area contributed by atoms with Gasteiger partial charge in [0.15, 0.2) is 5.82 Å². The molecule has 190 valence electrons. The van der Waals surface area contributed by atoms with Crippen molar-refractivity contribution in [3.63, 3.8) is 0 Å². The Hall–Kier alpha value is -4.19. The molecule has 1 N–H and O–H groups in total. The standard InChI is InChI=1S/C24H19ClF3N7O2/c25-16-3-4-19(37-24(27)28)21(22(16)26)17-10-29-11-18(33-17)23(36)32-15-9-31-35(13-15)12-14-2-5-20(30-8-14)34-6-1-7-34/h2-5,8-11,13,24H,1,6-7,12H2,(H,32,36). The molecule has 1 aromatic carbocycles. The zero-order valence-corrected chi connectivity index (χ0v) is 19.9. The number of pyridine rings is 1. The third-order valence-electron chi connectivity index (χ3n) is 5.62. The van der Waals surface area contributed by atoms with Gasteiger partial charge in [-0.25, -0.2) is 14.4 Å². The second-order valence-electron chi connectivity index (χ2n) is 8.15. The number of rotatable bonds is 8. The number of halogens is 4. The number of alkyl halides is 2. The highest BCUT2D eigenvalue weighted by Crippen LogP contribution is 2.36. The molecule has 3 aromatic heterocycles. The van der Waals surface area contributed by atoms with Gasteiger partial charge in [0.25, 0.3) is 5.91 Å². The van der Waals surface area contributed by atoms with Crippen LogP contribution in [-0.4, -0.2) is 50.3 Å². The number of amides is 1. The Balaban J connectivity index is 1.29. The number of ether oxygens (including phenoxy) is 1. The largest absolute Gasteiger partial charge is 0.434 e. The van der Waals surface area contributed by atoms with E-state index in [9.17, 15) is 18.0 Å². The van der Waals surface area contributed by atoms with E-state index in [2.05, 4.69) is 35.0 Å². The molecule has 4 heterocycles. The fourth-order valence-corrected chi connectivity index (χ4v) is 3.86. The summed E-state index contributed by atoms with van der Waals surface area (Å²) in [5, 5.41) is 6.55. The first-order valence-electron chi connectivity index (χ1n) is 11.2. The van der Waals surface area contributed by atoms with Crippen molar-refractivity contribution in [3.05, 3.63) is 77.3 Å². The second-order valence-corrected chi connectivity index (χ2v) is 8.56. The van der Waals surface area contributed by atoms with Crippen LogP contribution >= 0.6 is 11.6 Å². The predicted molar refractivity (Wildman–Crippen MR) is 129 cm³/mol. The van der Waals surface area contributed by atoms with Gasteiger partial charge in [0.05, 0.1) is 47.1 Å². The Morgan fingerprint density at radius 3 is 2.68 bits per heavy atom. The molecule has 1 aliphatic rings. The summed E-state index contributed by atoms with van der Waals surface area (Å²) >= 11 is 5.81. The van der Waals surface area contributed by atoms with Crippen molar-refractivity contribution in [1.82, 2.24) is 24.7 Å². The van der Waals surface area contributed by atoms with Gasteiger partial charge in [0.1, 0.15) is 17.3 Å². The molecule has 0 spiro atoms. The van der Waals surface area contributed by atoms with Gasteiger partial charge in [0, 0.05) is 25.5 Å². The van der Waals surface area contributed by atoms with Crippen LogP contribution in [0.3, 0.4) is 0 Å². The van der Waals surface area contributed by atoms with Gasteiger partial charge in [-0.15, -0.1) is 0 Å². The normalized spacial score (nSPS) is 12.9. The second kappa shape index (κ2) is 10.4. The van der Waals surface area contributed by atoms with Gasteiger partial charge >= 0.3 is 6.61 Å². The van der Waals surface area contributed by atoms with Crippen molar-refractivity contribution < 1.29 is 22.7 Å². The van der Waals surface area contributed by atoms with E-state index in [1.54, 1.807) is 17.1 Å². The number of carbonyl (C=O) groups excluding carboxylic acids is 1. The summed E-state index contributed by atoms with van der Waals surface area (Å²) < 4.78 is 46.4. The molecule has 1 saturated heterocycles. The van der Waals surface area contributed by atoms with Crippen LogP contribution in [0.15, 0.2) is 55.2 Å². The minimum Gasteiger partial charge on any atom is -0.434 e. The Morgan fingerprint density at radius 2 is 1.97 bits per heavy atom. The maximum atomic E-state index is 14.7. The smallest absolute Gasteiger partial charge is 0.387 e. The van der Waals surface area contributed by atoms with Gasteiger partial charge in [-0.2, -0.15) is 13.9 Å². The monoisotopic (exact) mass is 529 g/mol. The maximum absolute atomic E-state index is 14.7. The third kappa shape index (κ3) is 5.48. The van der Waals surface area contributed by atoms with Gasteiger partial charge in [-0.3, -0.25) is 14.5 Å². The van der Waals surface area contributed by atoms with Crippen LogP contribution in [0.5, 0.6) is 5.75 Å². The number of nitrogens with one attached hydrogen (secondary N) is 1. The molecule has 5 rings (SSSR count). The van der Waals surface area contributed by atoms with Gasteiger partial charge in [0.2, 0.25) is 0 Å². The molecular weight excluding hydrogens is 511 g/mol. The number of carbonyl (C=O) groups is 1. The van der Waals surface area contributed by atoms with Crippen LogP contribution in [-0.2, 0) is 6.54 Å². The van der Waals surface area contributed by atoms with E-state index in [1.165, 1.54) is 12.6 Å². The summed E-state index contributed by atoms with van der Waals surface area (Å²) in [4.78, 5) is 27.4. The lowest BCUT2D eigenvalue weighted by Crippen LogP contribution is -2.37. The lowest BCUT2D eigenvalue weighted by Gasteiger charge is -2.31. The topological polar surface area (TPSA) is 98.1 Å². The lowest BCUT2D eigenvalue weighted by molar-refractivity contribution is -0.0495. The van der Waals surface area contributed by atoms with E-state index in [-0.39, 0.29) is 16.4 Å². The quantitative estimate of drug-likeness (QED) is 0.355. The SMILES string of the molecule is O=C(Nc1cnn(Cc2ccc(N3CCC3)nc2)c1)c1cncc(-c2c(OC(F)F)ccc(Cl)c2F)n1.